The SMILES string of the molecule is CN(Cc1cccnc1)c1nc2c(c(=O)[nH]1)CCN(CC1CCCCC1)CC2. The highest BCUT2D eigenvalue weighted by Gasteiger charge is 2.22. The largest absolute Gasteiger partial charge is 0.341 e. The molecule has 1 aliphatic carbocycles. The van der Waals surface area contributed by atoms with Crippen LogP contribution in [0.3, 0.4) is 0 Å². The highest BCUT2D eigenvalue weighted by Crippen LogP contribution is 2.25. The number of hydrogen-bond donors (Lipinski definition) is 1. The summed E-state index contributed by atoms with van der Waals surface area (Å²) in [6.07, 6.45) is 12.2. The van der Waals surface area contributed by atoms with Crippen molar-refractivity contribution < 1.29 is 0 Å². The maximum atomic E-state index is 12.7. The molecule has 1 fully saturated rings. The first-order valence-electron chi connectivity index (χ1n) is 10.6. The van der Waals surface area contributed by atoms with Crippen LogP contribution in [-0.2, 0) is 19.4 Å². The van der Waals surface area contributed by atoms with Crippen LogP contribution in [0.25, 0.3) is 0 Å². The van der Waals surface area contributed by atoms with Gasteiger partial charge >= 0.3 is 0 Å². The predicted octanol–water partition coefficient (Wildman–Crippen LogP) is 2.78. The maximum Gasteiger partial charge on any atom is 0.255 e. The Hall–Kier alpha value is -2.21. The number of anilines is 1. The minimum Gasteiger partial charge on any atom is -0.341 e. The molecule has 6 heteroatoms. The number of aromatic nitrogens is 3. The van der Waals surface area contributed by atoms with Gasteiger partial charge in [-0.3, -0.25) is 14.8 Å². The normalized spacial score (nSPS) is 18.5. The quantitative estimate of drug-likeness (QED) is 0.863. The Morgan fingerprint density at radius 2 is 2.04 bits per heavy atom. The third kappa shape index (κ3) is 4.61. The first-order valence-corrected chi connectivity index (χ1v) is 10.6. The van der Waals surface area contributed by atoms with Crippen LogP contribution in [0.2, 0.25) is 0 Å². The van der Waals surface area contributed by atoms with Gasteiger partial charge in [0, 0.05) is 57.6 Å². The van der Waals surface area contributed by atoms with Crippen LogP contribution in [-0.4, -0.2) is 46.5 Å². The molecule has 1 aliphatic heterocycles. The second-order valence-corrected chi connectivity index (χ2v) is 8.34. The van der Waals surface area contributed by atoms with Gasteiger partial charge in [0.1, 0.15) is 0 Å². The minimum absolute atomic E-state index is 0.0255. The van der Waals surface area contributed by atoms with Crippen molar-refractivity contribution in [3.05, 3.63) is 51.7 Å². The molecule has 2 aromatic heterocycles. The average molecular weight is 382 g/mol. The lowest BCUT2D eigenvalue weighted by atomic mass is 9.89. The number of rotatable bonds is 5. The van der Waals surface area contributed by atoms with Crippen LogP contribution in [0.4, 0.5) is 5.95 Å². The molecule has 0 unspecified atom stereocenters. The van der Waals surface area contributed by atoms with E-state index in [4.69, 9.17) is 4.98 Å². The van der Waals surface area contributed by atoms with Crippen molar-refractivity contribution in [2.24, 2.45) is 5.92 Å². The van der Waals surface area contributed by atoms with E-state index < -0.39 is 0 Å². The van der Waals surface area contributed by atoms with E-state index in [9.17, 15) is 4.79 Å². The fraction of sp³-hybridized carbons (Fsp3) is 0.591. The van der Waals surface area contributed by atoms with E-state index >= 15 is 0 Å². The van der Waals surface area contributed by atoms with Gasteiger partial charge in [-0.15, -0.1) is 0 Å². The van der Waals surface area contributed by atoms with Gasteiger partial charge in [-0.25, -0.2) is 4.98 Å². The molecular formula is C22H31N5O. The number of aromatic amines is 1. The Kier molecular flexibility index (Phi) is 6.05. The fourth-order valence-corrected chi connectivity index (χ4v) is 4.58. The van der Waals surface area contributed by atoms with E-state index in [0.717, 1.165) is 48.7 Å². The van der Waals surface area contributed by atoms with Crippen molar-refractivity contribution in [2.75, 3.05) is 31.6 Å². The Morgan fingerprint density at radius 1 is 1.21 bits per heavy atom. The zero-order chi connectivity index (χ0) is 19.3. The molecule has 0 saturated heterocycles. The Morgan fingerprint density at radius 3 is 2.82 bits per heavy atom. The van der Waals surface area contributed by atoms with Crippen molar-refractivity contribution in [2.45, 2.75) is 51.5 Å². The van der Waals surface area contributed by atoms with Crippen LogP contribution in [0.1, 0.15) is 48.9 Å². The Balaban J connectivity index is 1.44. The summed E-state index contributed by atoms with van der Waals surface area (Å²) < 4.78 is 0. The molecule has 2 aromatic rings. The monoisotopic (exact) mass is 381 g/mol. The molecule has 28 heavy (non-hydrogen) atoms. The third-order valence-corrected chi connectivity index (χ3v) is 6.18. The molecule has 1 N–H and O–H groups in total. The average Bonchev–Trinajstić information content (AvgIpc) is 2.92. The standard InChI is InChI=1S/C22H31N5O/c1-26(15-18-8-5-11-23-14-18)22-24-20-10-13-27(12-9-19(20)21(28)25-22)16-17-6-3-2-4-7-17/h5,8,11,14,17H,2-4,6-7,9-10,12-13,15-16H2,1H3,(H,24,25,28). The number of fused-ring (bicyclic) bond motifs is 1. The molecular weight excluding hydrogens is 350 g/mol. The van der Waals surface area contributed by atoms with Gasteiger partial charge < -0.3 is 9.80 Å². The lowest BCUT2D eigenvalue weighted by molar-refractivity contribution is 0.207. The van der Waals surface area contributed by atoms with Gasteiger partial charge in [-0.2, -0.15) is 0 Å². The van der Waals surface area contributed by atoms with E-state index in [1.54, 1.807) is 6.20 Å². The number of pyridine rings is 1. The van der Waals surface area contributed by atoms with Gasteiger partial charge in [0.15, 0.2) is 0 Å². The van der Waals surface area contributed by atoms with Crippen molar-refractivity contribution in [3.63, 3.8) is 0 Å². The van der Waals surface area contributed by atoms with Gasteiger partial charge in [0.25, 0.3) is 5.56 Å². The van der Waals surface area contributed by atoms with E-state index in [0.29, 0.717) is 12.5 Å². The van der Waals surface area contributed by atoms with Crippen molar-refractivity contribution in [1.29, 1.82) is 0 Å². The highest BCUT2D eigenvalue weighted by atomic mass is 16.1. The molecule has 3 heterocycles. The van der Waals surface area contributed by atoms with Crippen LogP contribution in [0.15, 0.2) is 29.3 Å². The van der Waals surface area contributed by atoms with E-state index in [-0.39, 0.29) is 5.56 Å². The van der Waals surface area contributed by atoms with Gasteiger partial charge in [-0.1, -0.05) is 25.3 Å². The molecule has 0 radical (unpaired) electrons. The van der Waals surface area contributed by atoms with Gasteiger partial charge in [-0.05, 0) is 36.8 Å². The molecule has 150 valence electrons. The van der Waals surface area contributed by atoms with E-state index in [1.807, 2.05) is 30.3 Å². The van der Waals surface area contributed by atoms with Crippen molar-refractivity contribution in [1.82, 2.24) is 19.9 Å². The fourth-order valence-electron chi connectivity index (χ4n) is 4.58. The Bertz CT molecular complexity index is 829. The predicted molar refractivity (Wildman–Crippen MR) is 112 cm³/mol. The van der Waals surface area contributed by atoms with Crippen molar-refractivity contribution >= 4 is 5.95 Å². The number of hydrogen-bond acceptors (Lipinski definition) is 5. The summed E-state index contributed by atoms with van der Waals surface area (Å²) >= 11 is 0. The number of nitrogens with zero attached hydrogens (tertiary/aromatic N) is 4. The molecule has 0 atom stereocenters. The maximum absolute atomic E-state index is 12.7. The Labute approximate surface area is 167 Å². The van der Waals surface area contributed by atoms with Gasteiger partial charge in [0.2, 0.25) is 5.95 Å². The molecule has 2 aliphatic rings. The first kappa shape index (κ1) is 19.1. The molecule has 0 aromatic carbocycles. The highest BCUT2D eigenvalue weighted by molar-refractivity contribution is 5.34. The summed E-state index contributed by atoms with van der Waals surface area (Å²) in [7, 11) is 1.96. The summed E-state index contributed by atoms with van der Waals surface area (Å²) in [5.74, 6) is 1.48. The van der Waals surface area contributed by atoms with Crippen molar-refractivity contribution in [3.8, 4) is 0 Å². The zero-order valence-corrected chi connectivity index (χ0v) is 16.9. The molecule has 4 rings (SSSR count). The summed E-state index contributed by atoms with van der Waals surface area (Å²) in [5, 5.41) is 0. The third-order valence-electron chi connectivity index (χ3n) is 6.18. The number of nitrogens with one attached hydrogen (secondary N) is 1. The molecule has 1 saturated carbocycles. The molecule has 0 amide bonds. The van der Waals surface area contributed by atoms with E-state index in [1.165, 1.54) is 38.6 Å². The van der Waals surface area contributed by atoms with Gasteiger partial charge in [0.05, 0.1) is 5.69 Å². The van der Waals surface area contributed by atoms with Crippen LogP contribution in [0, 0.1) is 5.92 Å². The minimum atomic E-state index is 0.0255. The zero-order valence-electron chi connectivity index (χ0n) is 16.9. The second kappa shape index (κ2) is 8.86. The summed E-state index contributed by atoms with van der Waals surface area (Å²) in [5.41, 5.74) is 2.98. The summed E-state index contributed by atoms with van der Waals surface area (Å²) in [6.45, 7) is 3.83. The summed E-state index contributed by atoms with van der Waals surface area (Å²) in [6, 6.07) is 3.96. The smallest absolute Gasteiger partial charge is 0.255 e. The molecule has 0 bridgehead atoms. The molecule has 6 nitrogen and oxygen atoms in total. The lowest BCUT2D eigenvalue weighted by Crippen LogP contribution is -2.32. The lowest BCUT2D eigenvalue weighted by Gasteiger charge is -2.28. The first-order chi connectivity index (χ1) is 13.7. The second-order valence-electron chi connectivity index (χ2n) is 8.34. The molecule has 0 spiro atoms. The van der Waals surface area contributed by atoms with E-state index in [2.05, 4.69) is 14.9 Å². The topological polar surface area (TPSA) is 65.1 Å². The van der Waals surface area contributed by atoms with Crippen LogP contribution in [0.5, 0.6) is 0 Å². The summed E-state index contributed by atoms with van der Waals surface area (Å²) in [4.78, 5) is 29.3. The van der Waals surface area contributed by atoms with Crippen LogP contribution >= 0.6 is 0 Å². The number of H-pyrrole nitrogens is 1. The van der Waals surface area contributed by atoms with Crippen LogP contribution < -0.4 is 10.5 Å².